The van der Waals surface area contributed by atoms with Crippen LogP contribution in [0.5, 0.6) is 5.88 Å². The zero-order valence-electron chi connectivity index (χ0n) is 24.8. The maximum Gasteiger partial charge on any atom is 0.253 e. The number of aryl methyl sites for hydroxylation is 1. The third-order valence-electron chi connectivity index (χ3n) is 7.54. The number of fused-ring (bicyclic) bond motifs is 1. The highest BCUT2D eigenvalue weighted by Gasteiger charge is 2.28. The molecule has 0 bridgehead atoms. The lowest BCUT2D eigenvalue weighted by atomic mass is 10.0. The van der Waals surface area contributed by atoms with Gasteiger partial charge in [-0.3, -0.25) is 14.2 Å². The van der Waals surface area contributed by atoms with Gasteiger partial charge in [-0.2, -0.15) is 0 Å². The number of halogens is 1. The Kier molecular flexibility index (Phi) is 9.38. The van der Waals surface area contributed by atoms with Crippen molar-refractivity contribution in [1.29, 1.82) is 0 Å². The largest absolute Gasteiger partial charge is 0.494 e. The number of anilines is 1. The smallest absolute Gasteiger partial charge is 0.253 e. The Morgan fingerprint density at radius 2 is 1.68 bits per heavy atom. The molecule has 0 spiro atoms. The van der Waals surface area contributed by atoms with E-state index in [1.165, 1.54) is 4.57 Å². The number of aromatic hydroxyl groups is 1. The first-order chi connectivity index (χ1) is 19.6. The summed E-state index contributed by atoms with van der Waals surface area (Å²) in [5, 5.41) is 12.4. The summed E-state index contributed by atoms with van der Waals surface area (Å²) in [6, 6.07) is 11.3. The fraction of sp³-hybridized carbons (Fsp3) is 0.364. The first-order valence-electron chi connectivity index (χ1n) is 14.4. The molecule has 7 nitrogen and oxygen atoms in total. The summed E-state index contributed by atoms with van der Waals surface area (Å²) >= 11 is 6.54. The minimum Gasteiger partial charge on any atom is -0.494 e. The molecule has 0 aliphatic heterocycles. The second-order valence-corrected chi connectivity index (χ2v) is 10.7. The van der Waals surface area contributed by atoms with E-state index < -0.39 is 5.78 Å². The van der Waals surface area contributed by atoms with Crippen molar-refractivity contribution in [3.63, 3.8) is 0 Å². The van der Waals surface area contributed by atoms with Crippen LogP contribution in [0.1, 0.15) is 63.4 Å². The van der Waals surface area contributed by atoms with E-state index in [0.29, 0.717) is 40.7 Å². The van der Waals surface area contributed by atoms with E-state index in [4.69, 9.17) is 16.6 Å². The van der Waals surface area contributed by atoms with Gasteiger partial charge in [0.2, 0.25) is 11.7 Å². The molecule has 0 atom stereocenters. The third kappa shape index (κ3) is 5.96. The van der Waals surface area contributed by atoms with Crippen molar-refractivity contribution in [1.82, 2.24) is 9.47 Å². The molecule has 4 rings (SSSR count). The van der Waals surface area contributed by atoms with Gasteiger partial charge in [-0.15, -0.1) is 0 Å². The Hall–Kier alpha value is -3.84. The predicted octanol–water partition coefficient (Wildman–Crippen LogP) is 7.47. The van der Waals surface area contributed by atoms with E-state index in [-0.39, 0.29) is 22.5 Å². The average molecular weight is 575 g/mol. The molecule has 0 fully saturated rings. The van der Waals surface area contributed by atoms with Gasteiger partial charge in [0.05, 0.1) is 22.1 Å². The van der Waals surface area contributed by atoms with Gasteiger partial charge in [0.25, 0.3) is 5.91 Å². The number of allylic oxidation sites excluding steroid dienone is 4. The number of ketones is 1. The Morgan fingerprint density at radius 3 is 2.29 bits per heavy atom. The van der Waals surface area contributed by atoms with Gasteiger partial charge in [0.15, 0.2) is 0 Å². The Labute approximate surface area is 247 Å². The molecule has 41 heavy (non-hydrogen) atoms. The molecule has 8 heteroatoms. The maximum atomic E-state index is 13.3. The zero-order valence-corrected chi connectivity index (χ0v) is 25.5. The van der Waals surface area contributed by atoms with Crippen LogP contribution >= 0.6 is 11.6 Å². The number of amides is 1. The predicted molar refractivity (Wildman–Crippen MR) is 170 cm³/mol. The van der Waals surface area contributed by atoms with Crippen LogP contribution in [-0.4, -0.2) is 58.2 Å². The van der Waals surface area contributed by atoms with E-state index in [9.17, 15) is 14.7 Å². The lowest BCUT2D eigenvalue weighted by Gasteiger charge is -2.22. The van der Waals surface area contributed by atoms with Crippen molar-refractivity contribution in [2.45, 2.75) is 54.4 Å². The van der Waals surface area contributed by atoms with Gasteiger partial charge in [-0.1, -0.05) is 25.4 Å². The minimum absolute atomic E-state index is 0.0470. The summed E-state index contributed by atoms with van der Waals surface area (Å²) in [5.41, 5.74) is 4.76. The van der Waals surface area contributed by atoms with Crippen molar-refractivity contribution in [3.05, 3.63) is 70.4 Å². The number of carbonyl (C=O) groups is 2. The highest BCUT2D eigenvalue weighted by Crippen LogP contribution is 2.35. The molecule has 0 radical (unpaired) electrons. The number of nitrogens with zero attached hydrogens (tertiary/aromatic N) is 4. The van der Waals surface area contributed by atoms with Crippen LogP contribution < -0.4 is 4.90 Å². The van der Waals surface area contributed by atoms with Crippen LogP contribution in [0.4, 0.5) is 11.4 Å². The van der Waals surface area contributed by atoms with Crippen LogP contribution in [0.25, 0.3) is 16.5 Å². The summed E-state index contributed by atoms with van der Waals surface area (Å²) in [6.45, 7) is 15.3. The van der Waals surface area contributed by atoms with Crippen LogP contribution in [0.2, 0.25) is 0 Å². The number of rotatable bonds is 10. The number of benzene rings is 2. The monoisotopic (exact) mass is 574 g/mol. The molecule has 216 valence electrons. The van der Waals surface area contributed by atoms with Crippen LogP contribution in [0.3, 0.4) is 0 Å². The van der Waals surface area contributed by atoms with Crippen molar-refractivity contribution < 1.29 is 14.7 Å². The van der Waals surface area contributed by atoms with Gasteiger partial charge < -0.3 is 14.9 Å². The Morgan fingerprint density at radius 1 is 1.00 bits per heavy atom. The number of aromatic nitrogens is 1. The summed E-state index contributed by atoms with van der Waals surface area (Å²) < 4.78 is 1.43. The molecule has 1 aliphatic carbocycles. The molecule has 1 amide bonds. The third-order valence-corrected chi connectivity index (χ3v) is 7.99. The van der Waals surface area contributed by atoms with E-state index in [0.717, 1.165) is 42.9 Å². The van der Waals surface area contributed by atoms with Crippen LogP contribution in [0.15, 0.2) is 64.3 Å². The van der Waals surface area contributed by atoms with Crippen LogP contribution in [0, 0.1) is 6.92 Å². The first-order valence-corrected chi connectivity index (χ1v) is 14.7. The average Bonchev–Trinajstić information content (AvgIpc) is 3.29. The molecular weight excluding hydrogens is 536 g/mol. The standard InChI is InChI=1S/C33H39ClN4O3/c1-7-15-37(16-8-2)32(40)23-11-13-26-24(18-23)20-38(33(26)41)29-19-28(22(6)30(34)31(29)39)35-27-14-12-25(17-21(27)5)36(9-3)10-4/h11-14,17-20,41H,7-10,15-16H2,1-6H3. The van der Waals surface area contributed by atoms with E-state index >= 15 is 0 Å². The summed E-state index contributed by atoms with van der Waals surface area (Å²) in [4.78, 5) is 35.5. The van der Waals surface area contributed by atoms with Gasteiger partial charge >= 0.3 is 0 Å². The van der Waals surface area contributed by atoms with Gasteiger partial charge in [0, 0.05) is 54.4 Å². The number of carbonyl (C=O) groups excluding carboxylic acids is 2. The molecule has 0 unspecified atom stereocenters. The summed E-state index contributed by atoms with van der Waals surface area (Å²) in [7, 11) is 0. The lowest BCUT2D eigenvalue weighted by Crippen LogP contribution is -2.32. The molecule has 1 aliphatic rings. The molecule has 1 heterocycles. The normalized spacial score (nSPS) is 14.7. The number of hydrogen-bond acceptors (Lipinski definition) is 5. The number of hydrogen-bond donors (Lipinski definition) is 1. The molecule has 1 aromatic heterocycles. The molecule has 0 saturated heterocycles. The fourth-order valence-corrected chi connectivity index (χ4v) is 5.42. The minimum atomic E-state index is -0.402. The molecule has 2 aromatic carbocycles. The SMILES string of the molecule is CCCN(CCC)C(=O)c1ccc2c(O)n(C3=CC(=Nc4ccc(N(CC)CC)cc4C)C(C)=C(Cl)C3=O)cc2c1. The Bertz CT molecular complexity index is 1570. The van der Waals surface area contributed by atoms with Gasteiger partial charge in [-0.05, 0) is 94.1 Å². The van der Waals surface area contributed by atoms with Crippen molar-refractivity contribution in [3.8, 4) is 5.88 Å². The van der Waals surface area contributed by atoms with E-state index in [2.05, 4.69) is 24.8 Å². The number of aliphatic imine (C=N–C) groups is 1. The lowest BCUT2D eigenvalue weighted by molar-refractivity contribution is -0.110. The van der Waals surface area contributed by atoms with Crippen molar-refractivity contribution >= 4 is 56.8 Å². The Balaban J connectivity index is 1.75. The summed E-state index contributed by atoms with van der Waals surface area (Å²) in [6.07, 6.45) is 5.08. The summed E-state index contributed by atoms with van der Waals surface area (Å²) in [5.74, 6) is -0.546. The second-order valence-electron chi connectivity index (χ2n) is 10.4. The maximum absolute atomic E-state index is 13.3. The molecule has 1 N–H and O–H groups in total. The highest BCUT2D eigenvalue weighted by atomic mass is 35.5. The van der Waals surface area contributed by atoms with Crippen molar-refractivity contribution in [2.75, 3.05) is 31.1 Å². The van der Waals surface area contributed by atoms with Gasteiger partial charge in [0.1, 0.15) is 0 Å². The topological polar surface area (TPSA) is 78.1 Å². The van der Waals surface area contributed by atoms with Crippen LogP contribution in [-0.2, 0) is 4.79 Å². The molecular formula is C33H39ClN4O3. The van der Waals surface area contributed by atoms with Gasteiger partial charge in [-0.25, -0.2) is 4.99 Å². The van der Waals surface area contributed by atoms with E-state index in [1.807, 2.05) is 37.8 Å². The number of Topliss-reactive ketones (excluding diaryl/α,β-unsaturated/α-hetero) is 1. The van der Waals surface area contributed by atoms with Crippen molar-refractivity contribution in [2.24, 2.45) is 4.99 Å². The highest BCUT2D eigenvalue weighted by molar-refractivity contribution is 6.54. The second kappa shape index (κ2) is 12.8. The molecule has 0 saturated carbocycles. The molecule has 3 aromatic rings. The first kappa shape index (κ1) is 30.1. The fourth-order valence-electron chi connectivity index (χ4n) is 5.23. The zero-order chi connectivity index (χ0) is 29.8. The quantitative estimate of drug-likeness (QED) is 0.255. The van der Waals surface area contributed by atoms with E-state index in [1.54, 1.807) is 37.4 Å².